The SMILES string of the molecule is COc1cccc(/C=C/C(=O)Oc2cccc(NC(C)=O)c2)c1. The molecule has 0 atom stereocenters. The number of amides is 1. The van der Waals surface area contributed by atoms with Crippen LogP contribution in [0.25, 0.3) is 6.08 Å². The first kappa shape index (κ1) is 16.3. The zero-order valence-electron chi connectivity index (χ0n) is 12.9. The van der Waals surface area contributed by atoms with Crippen LogP contribution < -0.4 is 14.8 Å². The molecule has 23 heavy (non-hydrogen) atoms. The van der Waals surface area contributed by atoms with Crippen molar-refractivity contribution in [3.63, 3.8) is 0 Å². The minimum absolute atomic E-state index is 0.189. The molecule has 0 aliphatic heterocycles. The molecule has 1 amide bonds. The van der Waals surface area contributed by atoms with E-state index in [1.165, 1.54) is 13.0 Å². The van der Waals surface area contributed by atoms with Gasteiger partial charge in [-0.1, -0.05) is 18.2 Å². The van der Waals surface area contributed by atoms with E-state index in [4.69, 9.17) is 9.47 Å². The molecule has 1 N–H and O–H groups in total. The lowest BCUT2D eigenvalue weighted by molar-refractivity contribution is -0.128. The van der Waals surface area contributed by atoms with Crippen molar-refractivity contribution in [3.05, 3.63) is 60.2 Å². The molecule has 5 heteroatoms. The van der Waals surface area contributed by atoms with Gasteiger partial charge in [0, 0.05) is 24.8 Å². The summed E-state index contributed by atoms with van der Waals surface area (Å²) in [6.07, 6.45) is 2.97. The molecule has 0 fully saturated rings. The molecule has 0 radical (unpaired) electrons. The Balaban J connectivity index is 2.01. The van der Waals surface area contributed by atoms with Gasteiger partial charge in [0.25, 0.3) is 0 Å². The van der Waals surface area contributed by atoms with Crippen LogP contribution in [0, 0.1) is 0 Å². The fourth-order valence-electron chi connectivity index (χ4n) is 1.90. The van der Waals surface area contributed by atoms with Gasteiger partial charge in [-0.2, -0.15) is 0 Å². The second kappa shape index (κ2) is 7.79. The van der Waals surface area contributed by atoms with Crippen molar-refractivity contribution in [1.82, 2.24) is 0 Å². The number of ether oxygens (including phenoxy) is 2. The van der Waals surface area contributed by atoms with Crippen molar-refractivity contribution in [2.24, 2.45) is 0 Å². The molecule has 0 aliphatic carbocycles. The van der Waals surface area contributed by atoms with Crippen LogP contribution in [-0.2, 0) is 9.59 Å². The highest BCUT2D eigenvalue weighted by atomic mass is 16.5. The number of carbonyl (C=O) groups is 2. The van der Waals surface area contributed by atoms with E-state index in [1.807, 2.05) is 18.2 Å². The Bertz CT molecular complexity index is 737. The molecule has 0 unspecified atom stereocenters. The maximum absolute atomic E-state index is 11.8. The molecule has 118 valence electrons. The van der Waals surface area contributed by atoms with E-state index in [-0.39, 0.29) is 5.91 Å². The molecule has 0 bridgehead atoms. The topological polar surface area (TPSA) is 64.6 Å². The van der Waals surface area contributed by atoms with Gasteiger partial charge in [0.2, 0.25) is 5.91 Å². The lowest BCUT2D eigenvalue weighted by Crippen LogP contribution is -2.07. The van der Waals surface area contributed by atoms with E-state index in [0.29, 0.717) is 17.2 Å². The largest absolute Gasteiger partial charge is 0.497 e. The third-order valence-corrected chi connectivity index (χ3v) is 2.88. The monoisotopic (exact) mass is 311 g/mol. The molecule has 2 rings (SSSR count). The van der Waals surface area contributed by atoms with Crippen LogP contribution in [0.2, 0.25) is 0 Å². The van der Waals surface area contributed by atoms with E-state index < -0.39 is 5.97 Å². The maximum atomic E-state index is 11.8. The number of carbonyl (C=O) groups excluding carboxylic acids is 2. The van der Waals surface area contributed by atoms with Crippen molar-refractivity contribution in [2.75, 3.05) is 12.4 Å². The Hall–Kier alpha value is -3.08. The van der Waals surface area contributed by atoms with Gasteiger partial charge in [-0.15, -0.1) is 0 Å². The molecule has 2 aromatic carbocycles. The maximum Gasteiger partial charge on any atom is 0.336 e. The third-order valence-electron chi connectivity index (χ3n) is 2.88. The summed E-state index contributed by atoms with van der Waals surface area (Å²) < 4.78 is 10.3. The normalized spacial score (nSPS) is 10.3. The highest BCUT2D eigenvalue weighted by Crippen LogP contribution is 2.18. The Labute approximate surface area is 134 Å². The fraction of sp³-hybridized carbons (Fsp3) is 0.111. The highest BCUT2D eigenvalue weighted by Gasteiger charge is 2.03. The molecular weight excluding hydrogens is 294 g/mol. The first-order valence-electron chi connectivity index (χ1n) is 6.98. The van der Waals surface area contributed by atoms with Crippen LogP contribution in [0.4, 0.5) is 5.69 Å². The van der Waals surface area contributed by atoms with Crippen molar-refractivity contribution in [2.45, 2.75) is 6.92 Å². The van der Waals surface area contributed by atoms with Crippen LogP contribution in [0.3, 0.4) is 0 Å². The van der Waals surface area contributed by atoms with E-state index in [1.54, 1.807) is 43.5 Å². The molecule has 0 heterocycles. The van der Waals surface area contributed by atoms with Gasteiger partial charge in [-0.25, -0.2) is 4.79 Å². The van der Waals surface area contributed by atoms with Gasteiger partial charge in [-0.05, 0) is 35.9 Å². The number of hydrogen-bond donors (Lipinski definition) is 1. The van der Waals surface area contributed by atoms with Gasteiger partial charge < -0.3 is 14.8 Å². The minimum atomic E-state index is -0.507. The van der Waals surface area contributed by atoms with Crippen LogP contribution in [0.1, 0.15) is 12.5 Å². The van der Waals surface area contributed by atoms with Crippen LogP contribution >= 0.6 is 0 Å². The Morgan fingerprint density at radius 2 is 1.78 bits per heavy atom. The predicted molar refractivity (Wildman–Crippen MR) is 88.4 cm³/mol. The Morgan fingerprint density at radius 1 is 1.04 bits per heavy atom. The summed E-state index contributed by atoms with van der Waals surface area (Å²) in [6, 6.07) is 13.9. The van der Waals surface area contributed by atoms with Crippen LogP contribution in [0.15, 0.2) is 54.6 Å². The molecule has 0 saturated carbocycles. The number of esters is 1. The van der Waals surface area contributed by atoms with Crippen LogP contribution in [-0.4, -0.2) is 19.0 Å². The number of nitrogens with one attached hydrogen (secondary N) is 1. The van der Waals surface area contributed by atoms with Gasteiger partial charge in [-0.3, -0.25) is 4.79 Å². The second-order valence-corrected chi connectivity index (χ2v) is 4.74. The third kappa shape index (κ3) is 5.32. The average Bonchev–Trinajstić information content (AvgIpc) is 2.53. The van der Waals surface area contributed by atoms with E-state index >= 15 is 0 Å². The highest BCUT2D eigenvalue weighted by molar-refractivity contribution is 5.90. The zero-order chi connectivity index (χ0) is 16.7. The molecule has 5 nitrogen and oxygen atoms in total. The van der Waals surface area contributed by atoms with E-state index in [0.717, 1.165) is 5.56 Å². The summed E-state index contributed by atoms with van der Waals surface area (Å²) in [5.74, 6) is 0.374. The number of methoxy groups -OCH3 is 1. The Kier molecular flexibility index (Phi) is 5.52. The van der Waals surface area contributed by atoms with Crippen molar-refractivity contribution in [1.29, 1.82) is 0 Å². The summed E-state index contributed by atoms with van der Waals surface area (Å²) in [4.78, 5) is 22.9. The standard InChI is InChI=1S/C18H17NO4/c1-13(20)19-15-6-4-8-17(12-15)23-18(21)10-9-14-5-3-7-16(11-14)22-2/h3-12H,1-2H3,(H,19,20)/b10-9+. The lowest BCUT2D eigenvalue weighted by atomic mass is 10.2. The summed E-state index contributed by atoms with van der Waals surface area (Å²) in [6.45, 7) is 1.41. The molecule has 0 aromatic heterocycles. The zero-order valence-corrected chi connectivity index (χ0v) is 12.9. The van der Waals surface area contributed by atoms with E-state index in [9.17, 15) is 9.59 Å². The molecule has 0 aliphatic rings. The van der Waals surface area contributed by atoms with Gasteiger partial charge in [0.1, 0.15) is 11.5 Å². The number of hydrogen-bond acceptors (Lipinski definition) is 4. The first-order chi connectivity index (χ1) is 11.1. The molecule has 2 aromatic rings. The van der Waals surface area contributed by atoms with Crippen molar-refractivity contribution in [3.8, 4) is 11.5 Å². The number of rotatable bonds is 5. The van der Waals surface area contributed by atoms with Gasteiger partial charge >= 0.3 is 5.97 Å². The van der Waals surface area contributed by atoms with Crippen molar-refractivity contribution >= 4 is 23.6 Å². The molecule has 0 spiro atoms. The van der Waals surface area contributed by atoms with Crippen LogP contribution in [0.5, 0.6) is 11.5 Å². The Morgan fingerprint density at radius 3 is 2.52 bits per heavy atom. The van der Waals surface area contributed by atoms with Gasteiger partial charge in [0.15, 0.2) is 0 Å². The number of benzene rings is 2. The smallest absolute Gasteiger partial charge is 0.336 e. The minimum Gasteiger partial charge on any atom is -0.497 e. The summed E-state index contributed by atoms with van der Waals surface area (Å²) in [5.41, 5.74) is 1.40. The predicted octanol–water partition coefficient (Wildman–Crippen LogP) is 3.27. The summed E-state index contributed by atoms with van der Waals surface area (Å²) in [7, 11) is 1.58. The lowest BCUT2D eigenvalue weighted by Gasteiger charge is -2.05. The van der Waals surface area contributed by atoms with E-state index in [2.05, 4.69) is 5.32 Å². The first-order valence-corrected chi connectivity index (χ1v) is 6.98. The molecular formula is C18H17NO4. The summed E-state index contributed by atoms with van der Waals surface area (Å²) >= 11 is 0. The number of anilines is 1. The average molecular weight is 311 g/mol. The molecule has 0 saturated heterocycles. The van der Waals surface area contributed by atoms with Crippen molar-refractivity contribution < 1.29 is 19.1 Å². The quantitative estimate of drug-likeness (QED) is 0.523. The van der Waals surface area contributed by atoms with Gasteiger partial charge in [0.05, 0.1) is 7.11 Å². The second-order valence-electron chi connectivity index (χ2n) is 4.74. The fourth-order valence-corrected chi connectivity index (χ4v) is 1.90. The summed E-state index contributed by atoms with van der Waals surface area (Å²) in [5, 5.41) is 2.63.